The van der Waals surface area contributed by atoms with E-state index in [2.05, 4.69) is 26.2 Å². The van der Waals surface area contributed by atoms with Gasteiger partial charge in [-0.05, 0) is 36.8 Å². The summed E-state index contributed by atoms with van der Waals surface area (Å²) in [4.78, 5) is 4.25. The Morgan fingerprint density at radius 1 is 1.25 bits per heavy atom. The lowest BCUT2D eigenvalue weighted by Gasteiger charge is -2.07. The third-order valence-electron chi connectivity index (χ3n) is 2.26. The summed E-state index contributed by atoms with van der Waals surface area (Å²) in [6.07, 6.45) is 1.76. The first-order valence-corrected chi connectivity index (χ1v) is 5.69. The first kappa shape index (κ1) is 11.0. The van der Waals surface area contributed by atoms with E-state index in [0.29, 0.717) is 0 Å². The van der Waals surface area contributed by atoms with E-state index in [-0.39, 0.29) is 0 Å². The Hall–Kier alpha value is -1.55. The third-order valence-corrected chi connectivity index (χ3v) is 2.79. The fourth-order valence-corrected chi connectivity index (χ4v) is 1.55. The van der Waals surface area contributed by atoms with Gasteiger partial charge in [0, 0.05) is 28.1 Å². The van der Waals surface area contributed by atoms with Gasteiger partial charge in [-0.2, -0.15) is 0 Å². The Bertz CT molecular complexity index is 494. The molecule has 0 saturated heterocycles. The standard InChI is InChI=1S/C12H12BrN3/c1-8-7-15-12(6-11(8)14)16-10-4-2-9(13)3-5-10/h2-7H,1H3,(H3,14,15,16). The maximum Gasteiger partial charge on any atom is 0.132 e. The Morgan fingerprint density at radius 3 is 2.56 bits per heavy atom. The van der Waals surface area contributed by atoms with Crippen molar-refractivity contribution in [1.82, 2.24) is 4.98 Å². The molecular weight excluding hydrogens is 266 g/mol. The summed E-state index contributed by atoms with van der Waals surface area (Å²) in [6, 6.07) is 9.72. The molecule has 2 aromatic rings. The summed E-state index contributed by atoms with van der Waals surface area (Å²) in [5.74, 6) is 0.755. The van der Waals surface area contributed by atoms with Crippen LogP contribution in [0.5, 0.6) is 0 Å². The van der Waals surface area contributed by atoms with Crippen molar-refractivity contribution in [2.75, 3.05) is 11.1 Å². The van der Waals surface area contributed by atoms with Gasteiger partial charge < -0.3 is 11.1 Å². The van der Waals surface area contributed by atoms with Crippen molar-refractivity contribution < 1.29 is 0 Å². The second-order valence-corrected chi connectivity index (χ2v) is 4.47. The number of nitrogen functional groups attached to an aromatic ring is 1. The van der Waals surface area contributed by atoms with E-state index >= 15 is 0 Å². The minimum atomic E-state index is 0.745. The predicted molar refractivity (Wildman–Crippen MR) is 70.8 cm³/mol. The van der Waals surface area contributed by atoms with Gasteiger partial charge >= 0.3 is 0 Å². The normalized spacial score (nSPS) is 10.1. The second kappa shape index (κ2) is 4.53. The molecule has 0 aliphatic heterocycles. The molecule has 0 atom stereocenters. The van der Waals surface area contributed by atoms with Gasteiger partial charge in [0.25, 0.3) is 0 Å². The van der Waals surface area contributed by atoms with Gasteiger partial charge in [-0.1, -0.05) is 15.9 Å². The molecule has 0 bridgehead atoms. The molecule has 0 fully saturated rings. The summed E-state index contributed by atoms with van der Waals surface area (Å²) >= 11 is 3.39. The van der Waals surface area contributed by atoms with Crippen LogP contribution in [0, 0.1) is 6.92 Å². The molecule has 1 aromatic carbocycles. The molecular formula is C12H12BrN3. The molecule has 4 heteroatoms. The highest BCUT2D eigenvalue weighted by Gasteiger charge is 1.99. The second-order valence-electron chi connectivity index (χ2n) is 3.56. The molecule has 1 aromatic heterocycles. The van der Waals surface area contributed by atoms with Crippen molar-refractivity contribution in [1.29, 1.82) is 0 Å². The van der Waals surface area contributed by atoms with Crippen molar-refractivity contribution in [3.8, 4) is 0 Å². The zero-order chi connectivity index (χ0) is 11.5. The average Bonchev–Trinajstić information content (AvgIpc) is 2.27. The van der Waals surface area contributed by atoms with Crippen molar-refractivity contribution in [2.24, 2.45) is 0 Å². The number of rotatable bonds is 2. The lowest BCUT2D eigenvalue weighted by Crippen LogP contribution is -1.97. The molecule has 0 saturated carbocycles. The van der Waals surface area contributed by atoms with Gasteiger partial charge in [0.1, 0.15) is 5.82 Å². The molecule has 16 heavy (non-hydrogen) atoms. The van der Waals surface area contributed by atoms with Gasteiger partial charge in [-0.15, -0.1) is 0 Å². The SMILES string of the molecule is Cc1cnc(Nc2ccc(Br)cc2)cc1N. The number of benzene rings is 1. The van der Waals surface area contributed by atoms with E-state index < -0.39 is 0 Å². The maximum atomic E-state index is 5.81. The molecule has 3 nitrogen and oxygen atoms in total. The molecule has 2 rings (SSSR count). The topological polar surface area (TPSA) is 50.9 Å². The summed E-state index contributed by atoms with van der Waals surface area (Å²) in [6.45, 7) is 1.94. The quantitative estimate of drug-likeness (QED) is 0.884. The van der Waals surface area contributed by atoms with Crippen LogP contribution >= 0.6 is 15.9 Å². The van der Waals surface area contributed by atoms with Crippen LogP contribution < -0.4 is 11.1 Å². The zero-order valence-corrected chi connectivity index (χ0v) is 10.5. The molecule has 0 aliphatic rings. The van der Waals surface area contributed by atoms with Crippen LogP contribution in [0.4, 0.5) is 17.2 Å². The van der Waals surface area contributed by atoms with E-state index in [1.165, 1.54) is 0 Å². The van der Waals surface area contributed by atoms with Crippen molar-refractivity contribution in [3.63, 3.8) is 0 Å². The fraction of sp³-hybridized carbons (Fsp3) is 0.0833. The zero-order valence-electron chi connectivity index (χ0n) is 8.87. The van der Waals surface area contributed by atoms with E-state index in [0.717, 1.165) is 27.2 Å². The first-order valence-electron chi connectivity index (χ1n) is 4.90. The molecule has 0 unspecified atom stereocenters. The minimum absolute atomic E-state index is 0.745. The highest BCUT2D eigenvalue weighted by molar-refractivity contribution is 9.10. The molecule has 0 aliphatic carbocycles. The number of pyridine rings is 1. The van der Waals surface area contributed by atoms with Crippen molar-refractivity contribution >= 4 is 33.1 Å². The van der Waals surface area contributed by atoms with Gasteiger partial charge in [0.05, 0.1) is 0 Å². The monoisotopic (exact) mass is 277 g/mol. The Balaban J connectivity index is 2.20. The molecule has 1 heterocycles. The minimum Gasteiger partial charge on any atom is -0.398 e. The van der Waals surface area contributed by atoms with Crippen molar-refractivity contribution in [2.45, 2.75) is 6.92 Å². The highest BCUT2D eigenvalue weighted by atomic mass is 79.9. The van der Waals surface area contributed by atoms with Crippen LogP contribution in [0.1, 0.15) is 5.56 Å². The summed E-state index contributed by atoms with van der Waals surface area (Å²) in [5, 5.41) is 3.19. The van der Waals surface area contributed by atoms with Crippen LogP contribution in [0.3, 0.4) is 0 Å². The van der Waals surface area contributed by atoms with Crippen LogP contribution in [0.15, 0.2) is 41.0 Å². The first-order chi connectivity index (χ1) is 7.65. The number of nitrogens with zero attached hydrogens (tertiary/aromatic N) is 1. The molecule has 0 amide bonds. The van der Waals surface area contributed by atoms with Crippen LogP contribution in [0.25, 0.3) is 0 Å². The maximum absolute atomic E-state index is 5.81. The number of aryl methyl sites for hydroxylation is 1. The smallest absolute Gasteiger partial charge is 0.132 e. The van der Waals surface area contributed by atoms with E-state index in [4.69, 9.17) is 5.73 Å². The van der Waals surface area contributed by atoms with Crippen molar-refractivity contribution in [3.05, 3.63) is 46.6 Å². The average molecular weight is 278 g/mol. The Kier molecular flexibility index (Phi) is 3.10. The Labute approximate surface area is 103 Å². The van der Waals surface area contributed by atoms with E-state index in [1.54, 1.807) is 6.20 Å². The van der Waals surface area contributed by atoms with Gasteiger partial charge in [-0.3, -0.25) is 0 Å². The van der Waals surface area contributed by atoms with Crippen LogP contribution in [0.2, 0.25) is 0 Å². The van der Waals surface area contributed by atoms with E-state index in [9.17, 15) is 0 Å². The lowest BCUT2D eigenvalue weighted by atomic mass is 10.2. The number of nitrogens with two attached hydrogens (primary N) is 1. The fourth-order valence-electron chi connectivity index (χ4n) is 1.29. The summed E-state index contributed by atoms with van der Waals surface area (Å²) in [5.41, 5.74) is 8.53. The largest absolute Gasteiger partial charge is 0.398 e. The third kappa shape index (κ3) is 2.52. The molecule has 0 spiro atoms. The summed E-state index contributed by atoms with van der Waals surface area (Å²) < 4.78 is 1.05. The van der Waals surface area contributed by atoms with Crippen LogP contribution in [-0.4, -0.2) is 4.98 Å². The highest BCUT2D eigenvalue weighted by Crippen LogP contribution is 2.20. The lowest BCUT2D eigenvalue weighted by molar-refractivity contribution is 1.26. The Morgan fingerprint density at radius 2 is 1.94 bits per heavy atom. The summed E-state index contributed by atoms with van der Waals surface area (Å²) in [7, 11) is 0. The number of hydrogen-bond donors (Lipinski definition) is 2. The number of aromatic nitrogens is 1. The van der Waals surface area contributed by atoms with Gasteiger partial charge in [0.2, 0.25) is 0 Å². The molecule has 82 valence electrons. The van der Waals surface area contributed by atoms with E-state index in [1.807, 2.05) is 37.3 Å². The predicted octanol–water partition coefficient (Wildman–Crippen LogP) is 3.48. The number of nitrogens with one attached hydrogen (secondary N) is 1. The number of halogens is 1. The molecule has 3 N–H and O–H groups in total. The van der Waals surface area contributed by atoms with Gasteiger partial charge in [0.15, 0.2) is 0 Å². The number of anilines is 3. The number of hydrogen-bond acceptors (Lipinski definition) is 3. The van der Waals surface area contributed by atoms with Gasteiger partial charge in [-0.25, -0.2) is 4.98 Å². The van der Waals surface area contributed by atoms with Crippen LogP contribution in [-0.2, 0) is 0 Å². The molecule has 0 radical (unpaired) electrons.